The first-order valence-electron chi connectivity index (χ1n) is 9.81. The van der Waals surface area contributed by atoms with Gasteiger partial charge in [-0.3, -0.25) is 9.69 Å². The monoisotopic (exact) mass is 474 g/mol. The minimum atomic E-state index is -0.234. The van der Waals surface area contributed by atoms with Gasteiger partial charge in [0, 0.05) is 30.5 Å². The molecule has 0 fully saturated rings. The summed E-state index contributed by atoms with van der Waals surface area (Å²) < 4.78 is 8.52. The Balaban J connectivity index is 1.66. The van der Waals surface area contributed by atoms with Gasteiger partial charge in [-0.2, -0.15) is 0 Å². The second kappa shape index (κ2) is 9.68. The Hall–Kier alpha value is -2.61. The van der Waals surface area contributed by atoms with Gasteiger partial charge in [0.25, 0.3) is 5.91 Å². The molecule has 0 aliphatic rings. The van der Waals surface area contributed by atoms with Crippen molar-refractivity contribution < 1.29 is 9.53 Å². The lowest BCUT2D eigenvalue weighted by Crippen LogP contribution is -2.32. The van der Waals surface area contributed by atoms with Gasteiger partial charge in [0.15, 0.2) is 5.13 Å². The fraction of sp³-hybridized carbons (Fsp3) is 0.227. The van der Waals surface area contributed by atoms with E-state index >= 15 is 0 Å². The minimum Gasteiger partial charge on any atom is -0.494 e. The number of halogens is 2. The van der Waals surface area contributed by atoms with Gasteiger partial charge in [-0.25, -0.2) is 9.97 Å². The van der Waals surface area contributed by atoms with Gasteiger partial charge in [0.2, 0.25) is 0 Å². The van der Waals surface area contributed by atoms with Crippen LogP contribution in [-0.2, 0) is 6.54 Å². The van der Waals surface area contributed by atoms with Crippen LogP contribution in [-0.4, -0.2) is 33.6 Å². The van der Waals surface area contributed by atoms with Crippen molar-refractivity contribution in [2.24, 2.45) is 0 Å². The van der Waals surface area contributed by atoms with Gasteiger partial charge in [0.1, 0.15) is 5.75 Å². The number of hydrogen-bond donors (Lipinski definition) is 0. The molecule has 31 heavy (non-hydrogen) atoms. The average molecular weight is 475 g/mol. The first kappa shape index (κ1) is 21.6. The van der Waals surface area contributed by atoms with Gasteiger partial charge >= 0.3 is 0 Å². The summed E-state index contributed by atoms with van der Waals surface area (Å²) in [7, 11) is 0. The summed E-state index contributed by atoms with van der Waals surface area (Å²) in [6.07, 6.45) is 6.11. The summed E-state index contributed by atoms with van der Waals surface area (Å²) in [4.78, 5) is 23.9. The highest BCUT2D eigenvalue weighted by molar-refractivity contribution is 7.22. The predicted octanol–water partition coefficient (Wildman–Crippen LogP) is 5.94. The highest BCUT2D eigenvalue weighted by Gasteiger charge is 2.23. The average Bonchev–Trinajstić information content (AvgIpc) is 3.42. The molecule has 6 nitrogen and oxygen atoms in total. The van der Waals surface area contributed by atoms with E-state index in [1.165, 1.54) is 11.3 Å². The summed E-state index contributed by atoms with van der Waals surface area (Å²) in [5, 5.41) is 1.42. The number of carbonyl (C=O) groups is 1. The number of nitrogens with zero attached hydrogens (tertiary/aromatic N) is 4. The van der Waals surface area contributed by atoms with E-state index in [2.05, 4.69) is 4.98 Å². The highest BCUT2D eigenvalue weighted by atomic mass is 35.5. The van der Waals surface area contributed by atoms with E-state index in [9.17, 15) is 4.79 Å². The largest absolute Gasteiger partial charge is 0.494 e. The van der Waals surface area contributed by atoms with Crippen LogP contribution in [0.1, 0.15) is 23.7 Å². The van der Waals surface area contributed by atoms with Crippen LogP contribution in [0.4, 0.5) is 5.13 Å². The first-order chi connectivity index (χ1) is 15.0. The Morgan fingerprint density at radius 2 is 2.10 bits per heavy atom. The number of aromatic nitrogens is 3. The fourth-order valence-corrected chi connectivity index (χ4v) is 4.57. The first-order valence-corrected chi connectivity index (χ1v) is 11.4. The van der Waals surface area contributed by atoms with Crippen molar-refractivity contribution >= 4 is 55.8 Å². The topological polar surface area (TPSA) is 60.2 Å². The maximum absolute atomic E-state index is 13.5. The number of benzene rings is 2. The third kappa shape index (κ3) is 5.01. The third-order valence-electron chi connectivity index (χ3n) is 4.65. The number of amides is 1. The SMILES string of the molecule is CCOc1ccc2nc(N(CCCn3ccnc3)C(=O)c3cc(Cl)ccc3Cl)sc2c1. The lowest BCUT2D eigenvalue weighted by atomic mass is 10.2. The molecule has 0 spiro atoms. The number of thiazole rings is 1. The quantitative estimate of drug-likeness (QED) is 0.317. The van der Waals surface area contributed by atoms with E-state index in [0.717, 1.165) is 28.9 Å². The maximum atomic E-state index is 13.5. The van der Waals surface area contributed by atoms with Crippen molar-refractivity contribution in [3.63, 3.8) is 0 Å². The van der Waals surface area contributed by atoms with Crippen LogP contribution in [0.25, 0.3) is 10.2 Å². The molecule has 0 aliphatic carbocycles. The summed E-state index contributed by atoms with van der Waals surface area (Å²) in [6, 6.07) is 10.6. The van der Waals surface area contributed by atoms with Crippen molar-refractivity contribution in [2.75, 3.05) is 18.1 Å². The smallest absolute Gasteiger partial charge is 0.261 e. The molecule has 0 saturated carbocycles. The standard InChI is InChI=1S/C22H20Cl2N4O2S/c1-2-30-16-5-7-19-20(13-16)31-22(26-19)28(10-3-9-27-11-8-25-14-27)21(29)17-12-15(23)4-6-18(17)24/h4-8,11-14H,2-3,9-10H2,1H3. The van der Waals surface area contributed by atoms with Crippen molar-refractivity contribution in [3.05, 3.63) is 70.7 Å². The second-order valence-electron chi connectivity index (χ2n) is 6.79. The molecule has 0 saturated heterocycles. The van der Waals surface area contributed by atoms with Crippen LogP contribution in [0, 0.1) is 0 Å². The lowest BCUT2D eigenvalue weighted by Gasteiger charge is -2.20. The van der Waals surface area contributed by atoms with Gasteiger partial charge in [-0.15, -0.1) is 0 Å². The van der Waals surface area contributed by atoms with Crippen LogP contribution in [0.15, 0.2) is 55.1 Å². The molecule has 2 heterocycles. The number of hydrogen-bond acceptors (Lipinski definition) is 5. The Morgan fingerprint density at radius 3 is 2.87 bits per heavy atom. The molecule has 2 aromatic heterocycles. The zero-order valence-corrected chi connectivity index (χ0v) is 19.1. The molecule has 1 amide bonds. The van der Waals surface area contributed by atoms with Gasteiger partial charge in [0.05, 0.1) is 33.7 Å². The molecule has 0 bridgehead atoms. The van der Waals surface area contributed by atoms with Gasteiger partial charge < -0.3 is 9.30 Å². The molecule has 4 rings (SSSR count). The molecular formula is C22H20Cl2N4O2S. The summed E-state index contributed by atoms with van der Waals surface area (Å²) in [5.74, 6) is 0.545. The third-order valence-corrected chi connectivity index (χ3v) is 6.26. The summed E-state index contributed by atoms with van der Waals surface area (Å²) in [5.41, 5.74) is 1.17. The molecular weight excluding hydrogens is 455 g/mol. The van der Waals surface area contributed by atoms with Crippen LogP contribution in [0.5, 0.6) is 5.75 Å². The predicted molar refractivity (Wildman–Crippen MR) is 126 cm³/mol. The van der Waals surface area contributed by atoms with Gasteiger partial charge in [-0.05, 0) is 49.7 Å². The fourth-order valence-electron chi connectivity index (χ4n) is 3.19. The molecule has 9 heteroatoms. The van der Waals surface area contributed by atoms with E-state index in [4.69, 9.17) is 32.9 Å². The number of ether oxygens (including phenoxy) is 1. The number of rotatable bonds is 8. The lowest BCUT2D eigenvalue weighted by molar-refractivity contribution is 0.0986. The summed E-state index contributed by atoms with van der Waals surface area (Å²) >= 11 is 13.9. The highest BCUT2D eigenvalue weighted by Crippen LogP contribution is 2.33. The number of aryl methyl sites for hydroxylation is 1. The minimum absolute atomic E-state index is 0.234. The molecule has 2 aromatic carbocycles. The molecule has 0 unspecified atom stereocenters. The normalized spacial score (nSPS) is 11.1. The Labute approximate surface area is 194 Å². The van der Waals surface area contributed by atoms with Crippen LogP contribution < -0.4 is 9.64 Å². The Morgan fingerprint density at radius 1 is 1.23 bits per heavy atom. The van der Waals surface area contributed by atoms with Gasteiger partial charge in [-0.1, -0.05) is 34.5 Å². The van der Waals surface area contributed by atoms with E-state index in [-0.39, 0.29) is 5.91 Å². The van der Waals surface area contributed by atoms with E-state index in [1.807, 2.05) is 35.9 Å². The number of carbonyl (C=O) groups excluding carboxylic acids is 1. The van der Waals surface area contributed by atoms with Crippen molar-refractivity contribution in [1.29, 1.82) is 0 Å². The van der Waals surface area contributed by atoms with Crippen LogP contribution in [0.3, 0.4) is 0 Å². The number of imidazole rings is 1. The molecule has 160 valence electrons. The molecule has 4 aromatic rings. The van der Waals surface area contributed by atoms with Crippen molar-refractivity contribution in [1.82, 2.24) is 14.5 Å². The summed E-state index contributed by atoms with van der Waals surface area (Å²) in [6.45, 7) is 3.73. The molecule has 0 atom stereocenters. The van der Waals surface area contributed by atoms with Crippen LogP contribution >= 0.6 is 34.5 Å². The van der Waals surface area contributed by atoms with Crippen LogP contribution in [0.2, 0.25) is 10.0 Å². The van der Waals surface area contributed by atoms with E-state index in [1.54, 1.807) is 35.6 Å². The Bertz CT molecular complexity index is 1190. The van der Waals surface area contributed by atoms with Crippen molar-refractivity contribution in [3.8, 4) is 5.75 Å². The van der Waals surface area contributed by atoms with E-state index < -0.39 is 0 Å². The van der Waals surface area contributed by atoms with E-state index in [0.29, 0.717) is 33.9 Å². The second-order valence-corrected chi connectivity index (χ2v) is 8.65. The zero-order chi connectivity index (χ0) is 21.8. The zero-order valence-electron chi connectivity index (χ0n) is 16.8. The maximum Gasteiger partial charge on any atom is 0.261 e. The molecule has 0 radical (unpaired) electrons. The molecule has 0 aliphatic heterocycles. The number of anilines is 1. The number of fused-ring (bicyclic) bond motifs is 1. The molecule has 0 N–H and O–H groups in total. The Kier molecular flexibility index (Phi) is 6.75. The van der Waals surface area contributed by atoms with Crippen molar-refractivity contribution in [2.45, 2.75) is 19.9 Å².